The van der Waals surface area contributed by atoms with Gasteiger partial charge in [0.2, 0.25) is 5.91 Å². The van der Waals surface area contributed by atoms with Gasteiger partial charge in [-0.25, -0.2) is 0 Å². The summed E-state index contributed by atoms with van der Waals surface area (Å²) in [6.07, 6.45) is 0. The van der Waals surface area contributed by atoms with Crippen molar-refractivity contribution < 1.29 is 4.79 Å². The van der Waals surface area contributed by atoms with Crippen LogP contribution in [0.3, 0.4) is 0 Å². The summed E-state index contributed by atoms with van der Waals surface area (Å²) in [5.74, 6) is 0.712. The Morgan fingerprint density at radius 3 is 2.18 bits per heavy atom. The quantitative estimate of drug-likeness (QED) is 0.714. The number of anilines is 1. The summed E-state index contributed by atoms with van der Waals surface area (Å²) in [6, 6.07) is 8.50. The maximum absolute atomic E-state index is 12.2. The third-order valence-corrected chi connectivity index (χ3v) is 3.73. The van der Waals surface area contributed by atoms with Gasteiger partial charge in [-0.3, -0.25) is 4.79 Å². The minimum Gasteiger partial charge on any atom is -0.308 e. The molecule has 1 aromatic rings. The first-order valence-corrected chi connectivity index (χ1v) is 6.26. The van der Waals surface area contributed by atoms with Gasteiger partial charge in [-0.15, -0.1) is 0 Å². The third kappa shape index (κ3) is 1.76. The number of hydrogen-bond donors (Lipinski definition) is 0. The fourth-order valence-electron chi connectivity index (χ4n) is 2.93. The molecule has 92 valence electrons. The smallest absolute Gasteiger partial charge is 0.235 e. The van der Waals surface area contributed by atoms with Crippen LogP contribution in [-0.4, -0.2) is 11.9 Å². The topological polar surface area (TPSA) is 20.3 Å². The number of benzene rings is 1. The summed E-state index contributed by atoms with van der Waals surface area (Å²) in [4.78, 5) is 14.2. The number of β-lactam (4-membered cyclic amide) rings is 1. The molecule has 2 heteroatoms. The van der Waals surface area contributed by atoms with E-state index in [2.05, 4.69) is 32.9 Å². The molecule has 0 aromatic heterocycles. The van der Waals surface area contributed by atoms with Gasteiger partial charge in [-0.05, 0) is 38.8 Å². The number of aryl methyl sites for hydroxylation is 1. The lowest BCUT2D eigenvalue weighted by Gasteiger charge is -2.55. The van der Waals surface area contributed by atoms with Gasteiger partial charge in [0.05, 0.1) is 11.5 Å². The maximum atomic E-state index is 12.2. The lowest BCUT2D eigenvalue weighted by molar-refractivity contribution is -0.138. The van der Waals surface area contributed by atoms with Crippen molar-refractivity contribution in [2.75, 3.05) is 4.90 Å². The third-order valence-electron chi connectivity index (χ3n) is 3.73. The molecule has 0 aliphatic carbocycles. The summed E-state index contributed by atoms with van der Waals surface area (Å²) in [7, 11) is 0. The fraction of sp³-hybridized carbons (Fsp3) is 0.533. The Morgan fingerprint density at radius 2 is 1.71 bits per heavy atom. The zero-order valence-electron chi connectivity index (χ0n) is 11.3. The molecule has 1 atom stereocenters. The summed E-state index contributed by atoms with van der Waals surface area (Å²) in [6.45, 7) is 10.5. The van der Waals surface area contributed by atoms with E-state index in [1.54, 1.807) is 0 Å². The van der Waals surface area contributed by atoms with Crippen molar-refractivity contribution in [3.05, 3.63) is 29.8 Å². The Hall–Kier alpha value is -1.31. The van der Waals surface area contributed by atoms with E-state index in [-0.39, 0.29) is 11.3 Å². The van der Waals surface area contributed by atoms with E-state index in [9.17, 15) is 4.79 Å². The molecule has 0 saturated carbocycles. The number of amides is 1. The molecule has 17 heavy (non-hydrogen) atoms. The monoisotopic (exact) mass is 231 g/mol. The average Bonchev–Trinajstić information content (AvgIpc) is 2.25. The standard InChI is InChI=1S/C15H21NO/c1-10(2)13-15(4,5)14(17)16(13)12-8-6-11(3)7-9-12/h6-10,13H,1-5H3. The molecule has 2 rings (SSSR count). The van der Waals surface area contributed by atoms with Gasteiger partial charge in [0.25, 0.3) is 0 Å². The maximum Gasteiger partial charge on any atom is 0.235 e. The SMILES string of the molecule is Cc1ccc(N2C(=O)C(C)(C)C2C(C)C)cc1. The molecule has 0 bridgehead atoms. The first-order valence-electron chi connectivity index (χ1n) is 6.26. The molecule has 1 amide bonds. The number of nitrogens with zero attached hydrogens (tertiary/aromatic N) is 1. The minimum absolute atomic E-state index is 0.223. The highest BCUT2D eigenvalue weighted by Gasteiger charge is 2.55. The zero-order chi connectivity index (χ0) is 12.8. The second-order valence-corrected chi connectivity index (χ2v) is 5.92. The van der Waals surface area contributed by atoms with E-state index in [1.165, 1.54) is 5.56 Å². The Bertz CT molecular complexity index is 431. The number of rotatable bonds is 2. The highest BCUT2D eigenvalue weighted by Crippen LogP contribution is 2.45. The van der Waals surface area contributed by atoms with Crippen LogP contribution in [0.1, 0.15) is 33.3 Å². The van der Waals surface area contributed by atoms with Crippen LogP contribution in [0.15, 0.2) is 24.3 Å². The van der Waals surface area contributed by atoms with Crippen molar-refractivity contribution >= 4 is 11.6 Å². The highest BCUT2D eigenvalue weighted by atomic mass is 16.2. The van der Waals surface area contributed by atoms with Gasteiger partial charge in [0.1, 0.15) is 0 Å². The van der Waals surface area contributed by atoms with E-state index in [0.29, 0.717) is 12.0 Å². The summed E-state index contributed by atoms with van der Waals surface area (Å²) >= 11 is 0. The molecular weight excluding hydrogens is 210 g/mol. The van der Waals surface area contributed by atoms with Crippen LogP contribution in [0.4, 0.5) is 5.69 Å². The normalized spacial score (nSPS) is 22.8. The van der Waals surface area contributed by atoms with Crippen LogP contribution in [-0.2, 0) is 4.79 Å². The van der Waals surface area contributed by atoms with Crippen molar-refractivity contribution in [3.8, 4) is 0 Å². The first kappa shape index (κ1) is 12.2. The number of hydrogen-bond acceptors (Lipinski definition) is 1. The summed E-state index contributed by atoms with van der Waals surface area (Å²) in [5, 5.41) is 0. The minimum atomic E-state index is -0.223. The molecule has 1 saturated heterocycles. The van der Waals surface area contributed by atoms with E-state index < -0.39 is 0 Å². The Balaban J connectivity index is 2.33. The van der Waals surface area contributed by atoms with E-state index in [0.717, 1.165) is 5.69 Å². The van der Waals surface area contributed by atoms with Crippen LogP contribution in [0, 0.1) is 18.3 Å². The van der Waals surface area contributed by atoms with Crippen LogP contribution in [0.25, 0.3) is 0 Å². The molecule has 0 radical (unpaired) electrons. The Morgan fingerprint density at radius 1 is 1.18 bits per heavy atom. The van der Waals surface area contributed by atoms with Gasteiger partial charge in [0, 0.05) is 5.69 Å². The predicted molar refractivity (Wildman–Crippen MR) is 71.1 cm³/mol. The Labute approximate surface area is 104 Å². The molecule has 0 spiro atoms. The van der Waals surface area contributed by atoms with Crippen LogP contribution in [0.5, 0.6) is 0 Å². The summed E-state index contributed by atoms with van der Waals surface area (Å²) in [5.41, 5.74) is 2.03. The van der Waals surface area contributed by atoms with Gasteiger partial charge in [-0.1, -0.05) is 31.5 Å². The van der Waals surface area contributed by atoms with Crippen molar-refractivity contribution in [2.45, 2.75) is 40.7 Å². The van der Waals surface area contributed by atoms with Crippen molar-refractivity contribution in [3.63, 3.8) is 0 Å². The largest absolute Gasteiger partial charge is 0.308 e. The van der Waals surface area contributed by atoms with Crippen molar-refractivity contribution in [1.82, 2.24) is 0 Å². The average molecular weight is 231 g/mol. The van der Waals surface area contributed by atoms with Crippen LogP contribution >= 0.6 is 0 Å². The van der Waals surface area contributed by atoms with Gasteiger partial charge in [-0.2, -0.15) is 0 Å². The van der Waals surface area contributed by atoms with E-state index in [1.807, 2.05) is 30.9 Å². The second kappa shape index (κ2) is 3.86. The van der Waals surface area contributed by atoms with Gasteiger partial charge < -0.3 is 4.90 Å². The second-order valence-electron chi connectivity index (χ2n) is 5.92. The molecule has 1 aromatic carbocycles. The molecular formula is C15H21NO. The molecule has 1 heterocycles. The molecule has 1 fully saturated rings. The molecule has 2 nitrogen and oxygen atoms in total. The van der Waals surface area contributed by atoms with Gasteiger partial charge in [0.15, 0.2) is 0 Å². The summed E-state index contributed by atoms with van der Waals surface area (Å²) < 4.78 is 0. The molecule has 1 unspecified atom stereocenters. The van der Waals surface area contributed by atoms with Crippen LogP contribution in [0.2, 0.25) is 0 Å². The number of carbonyl (C=O) groups is 1. The lowest BCUT2D eigenvalue weighted by Crippen LogP contribution is -2.68. The molecule has 1 aliphatic heterocycles. The molecule has 1 aliphatic rings. The van der Waals surface area contributed by atoms with Crippen LogP contribution < -0.4 is 4.90 Å². The predicted octanol–water partition coefficient (Wildman–Crippen LogP) is 3.39. The van der Waals surface area contributed by atoms with Crippen molar-refractivity contribution in [1.29, 1.82) is 0 Å². The highest BCUT2D eigenvalue weighted by molar-refractivity contribution is 6.05. The van der Waals surface area contributed by atoms with Gasteiger partial charge >= 0.3 is 0 Å². The number of carbonyl (C=O) groups excluding carboxylic acids is 1. The first-order chi connectivity index (χ1) is 7.85. The van der Waals surface area contributed by atoms with Crippen molar-refractivity contribution in [2.24, 2.45) is 11.3 Å². The fourth-order valence-corrected chi connectivity index (χ4v) is 2.93. The lowest BCUT2D eigenvalue weighted by atomic mass is 9.69. The van der Waals surface area contributed by atoms with E-state index in [4.69, 9.17) is 0 Å². The molecule has 0 N–H and O–H groups in total. The zero-order valence-corrected chi connectivity index (χ0v) is 11.3. The Kier molecular flexibility index (Phi) is 2.76. The van der Waals surface area contributed by atoms with E-state index >= 15 is 0 Å².